The molecule has 76 valence electrons. The summed E-state index contributed by atoms with van der Waals surface area (Å²) in [6.07, 6.45) is 0. The van der Waals surface area contributed by atoms with Gasteiger partial charge in [0, 0.05) is 16.8 Å². The molecule has 1 heterocycles. The van der Waals surface area contributed by atoms with Gasteiger partial charge in [-0.3, -0.25) is 0 Å². The molecule has 0 aliphatic carbocycles. The maximum atomic E-state index is 5.93. The zero-order chi connectivity index (χ0) is 10.1. The number of benzene rings is 1. The van der Waals surface area contributed by atoms with E-state index in [9.17, 15) is 0 Å². The molecular weight excluding hydrogens is 214 g/mol. The average molecular weight is 228 g/mol. The molecule has 2 rings (SSSR count). The number of aryl methyl sites for hydroxylation is 1. The fourth-order valence-corrected chi connectivity index (χ4v) is 3.21. The van der Waals surface area contributed by atoms with E-state index in [0.717, 1.165) is 11.6 Å². The summed E-state index contributed by atoms with van der Waals surface area (Å²) in [6.45, 7) is 5.47. The second-order valence-corrected chi connectivity index (χ2v) is 5.72. The Bertz CT molecular complexity index is 340. The van der Waals surface area contributed by atoms with Crippen LogP contribution in [0.1, 0.15) is 23.4 Å². The molecule has 0 saturated carbocycles. The van der Waals surface area contributed by atoms with E-state index in [1.807, 2.05) is 23.9 Å². The van der Waals surface area contributed by atoms with Crippen molar-refractivity contribution in [3.05, 3.63) is 34.3 Å². The van der Waals surface area contributed by atoms with E-state index in [4.69, 9.17) is 11.6 Å². The molecule has 1 aliphatic rings. The SMILES string of the molecule is Cc1cc(Cl)ccc1C1NCC(C)S1. The van der Waals surface area contributed by atoms with Gasteiger partial charge < -0.3 is 5.32 Å². The van der Waals surface area contributed by atoms with Crippen LogP contribution >= 0.6 is 23.4 Å². The van der Waals surface area contributed by atoms with Crippen LogP contribution in [0.5, 0.6) is 0 Å². The third kappa shape index (κ3) is 2.08. The van der Waals surface area contributed by atoms with Gasteiger partial charge in [0.15, 0.2) is 0 Å². The summed E-state index contributed by atoms with van der Waals surface area (Å²) in [5.41, 5.74) is 2.64. The summed E-state index contributed by atoms with van der Waals surface area (Å²) in [5, 5.41) is 5.47. The third-order valence-electron chi connectivity index (χ3n) is 2.47. The third-order valence-corrected chi connectivity index (χ3v) is 4.03. The largest absolute Gasteiger partial charge is 0.301 e. The highest BCUT2D eigenvalue weighted by Crippen LogP contribution is 2.36. The van der Waals surface area contributed by atoms with Crippen molar-refractivity contribution in [2.45, 2.75) is 24.5 Å². The molecule has 1 aromatic carbocycles. The van der Waals surface area contributed by atoms with Crippen molar-refractivity contribution in [2.75, 3.05) is 6.54 Å². The van der Waals surface area contributed by atoms with Crippen LogP contribution in [0.15, 0.2) is 18.2 Å². The Labute approximate surface area is 94.2 Å². The van der Waals surface area contributed by atoms with E-state index >= 15 is 0 Å². The first-order valence-corrected chi connectivity index (χ1v) is 6.14. The summed E-state index contributed by atoms with van der Waals surface area (Å²) in [7, 11) is 0. The number of thioether (sulfide) groups is 1. The summed E-state index contributed by atoms with van der Waals surface area (Å²) >= 11 is 7.91. The monoisotopic (exact) mass is 227 g/mol. The molecule has 14 heavy (non-hydrogen) atoms. The van der Waals surface area contributed by atoms with Crippen molar-refractivity contribution >= 4 is 23.4 Å². The van der Waals surface area contributed by atoms with E-state index in [-0.39, 0.29) is 0 Å². The van der Waals surface area contributed by atoms with Gasteiger partial charge in [0.2, 0.25) is 0 Å². The summed E-state index contributed by atoms with van der Waals surface area (Å²) in [4.78, 5) is 0. The van der Waals surface area contributed by atoms with Gasteiger partial charge in [0.1, 0.15) is 0 Å². The number of hydrogen-bond donors (Lipinski definition) is 1. The Hall–Kier alpha value is -0.180. The minimum Gasteiger partial charge on any atom is -0.301 e. The van der Waals surface area contributed by atoms with E-state index in [2.05, 4.69) is 25.2 Å². The van der Waals surface area contributed by atoms with Crippen LogP contribution in [0.2, 0.25) is 5.02 Å². The molecular formula is C11H14ClNS. The fourth-order valence-electron chi connectivity index (χ4n) is 1.72. The predicted octanol–water partition coefficient (Wildman–Crippen LogP) is 3.37. The lowest BCUT2D eigenvalue weighted by molar-refractivity contribution is 0.715. The molecule has 0 radical (unpaired) electrons. The van der Waals surface area contributed by atoms with Gasteiger partial charge in [-0.1, -0.05) is 24.6 Å². The highest BCUT2D eigenvalue weighted by atomic mass is 35.5. The Kier molecular flexibility index (Phi) is 3.05. The van der Waals surface area contributed by atoms with Crippen molar-refractivity contribution in [3.63, 3.8) is 0 Å². The topological polar surface area (TPSA) is 12.0 Å². The van der Waals surface area contributed by atoms with E-state index in [1.165, 1.54) is 11.1 Å². The number of nitrogens with one attached hydrogen (secondary N) is 1. The van der Waals surface area contributed by atoms with Crippen LogP contribution in [-0.2, 0) is 0 Å². The number of rotatable bonds is 1. The summed E-state index contributed by atoms with van der Waals surface area (Å²) < 4.78 is 0. The average Bonchev–Trinajstić information content (AvgIpc) is 2.51. The highest BCUT2D eigenvalue weighted by Gasteiger charge is 2.23. The van der Waals surface area contributed by atoms with Crippen molar-refractivity contribution in [1.29, 1.82) is 0 Å². The minimum absolute atomic E-state index is 0.447. The molecule has 1 saturated heterocycles. The molecule has 1 N–H and O–H groups in total. The standard InChI is InChI=1S/C11H14ClNS/c1-7-5-9(12)3-4-10(7)11-13-6-8(2)14-11/h3-5,8,11,13H,6H2,1-2H3. The molecule has 2 unspecified atom stereocenters. The second-order valence-electron chi connectivity index (χ2n) is 3.74. The van der Waals surface area contributed by atoms with Crippen LogP contribution in [0.4, 0.5) is 0 Å². The molecule has 1 aliphatic heterocycles. The Morgan fingerprint density at radius 3 is 2.86 bits per heavy atom. The first kappa shape index (κ1) is 10.3. The predicted molar refractivity (Wildman–Crippen MR) is 64.0 cm³/mol. The number of hydrogen-bond acceptors (Lipinski definition) is 2. The summed E-state index contributed by atoms with van der Waals surface area (Å²) in [6, 6.07) is 6.12. The van der Waals surface area contributed by atoms with E-state index in [1.54, 1.807) is 0 Å². The molecule has 0 aromatic heterocycles. The van der Waals surface area contributed by atoms with Crippen LogP contribution in [0.3, 0.4) is 0 Å². The van der Waals surface area contributed by atoms with Gasteiger partial charge >= 0.3 is 0 Å². The number of halogens is 1. The van der Waals surface area contributed by atoms with Crippen LogP contribution in [0.25, 0.3) is 0 Å². The minimum atomic E-state index is 0.447. The molecule has 2 atom stereocenters. The molecule has 0 amide bonds. The molecule has 3 heteroatoms. The van der Waals surface area contributed by atoms with Gasteiger partial charge in [-0.05, 0) is 30.2 Å². The van der Waals surface area contributed by atoms with Gasteiger partial charge in [0.25, 0.3) is 0 Å². The first-order chi connectivity index (χ1) is 6.66. The second kappa shape index (κ2) is 4.13. The van der Waals surface area contributed by atoms with Gasteiger partial charge in [-0.2, -0.15) is 0 Å². The lowest BCUT2D eigenvalue weighted by Gasteiger charge is -2.13. The van der Waals surface area contributed by atoms with E-state index in [0.29, 0.717) is 10.6 Å². The molecule has 1 nitrogen and oxygen atoms in total. The zero-order valence-electron chi connectivity index (χ0n) is 8.38. The highest BCUT2D eigenvalue weighted by molar-refractivity contribution is 8.00. The summed E-state index contributed by atoms with van der Waals surface area (Å²) in [5.74, 6) is 0. The van der Waals surface area contributed by atoms with Crippen molar-refractivity contribution in [3.8, 4) is 0 Å². The normalized spacial score (nSPS) is 26.8. The van der Waals surface area contributed by atoms with E-state index < -0.39 is 0 Å². The quantitative estimate of drug-likeness (QED) is 0.790. The van der Waals surface area contributed by atoms with Crippen molar-refractivity contribution in [2.24, 2.45) is 0 Å². The van der Waals surface area contributed by atoms with Gasteiger partial charge in [-0.25, -0.2) is 0 Å². The van der Waals surface area contributed by atoms with Gasteiger partial charge in [0.05, 0.1) is 5.37 Å². The maximum Gasteiger partial charge on any atom is 0.0795 e. The molecule has 0 bridgehead atoms. The van der Waals surface area contributed by atoms with Crippen LogP contribution in [-0.4, -0.2) is 11.8 Å². The van der Waals surface area contributed by atoms with Gasteiger partial charge in [-0.15, -0.1) is 11.8 Å². The van der Waals surface area contributed by atoms with Crippen LogP contribution in [0, 0.1) is 6.92 Å². The molecule has 0 spiro atoms. The smallest absolute Gasteiger partial charge is 0.0795 e. The fraction of sp³-hybridized carbons (Fsp3) is 0.455. The van der Waals surface area contributed by atoms with Crippen molar-refractivity contribution in [1.82, 2.24) is 5.32 Å². The first-order valence-electron chi connectivity index (χ1n) is 4.81. The lowest BCUT2D eigenvalue weighted by atomic mass is 10.1. The Balaban J connectivity index is 2.24. The molecule has 1 fully saturated rings. The Morgan fingerprint density at radius 1 is 1.50 bits per heavy atom. The Morgan fingerprint density at radius 2 is 2.29 bits per heavy atom. The van der Waals surface area contributed by atoms with Crippen molar-refractivity contribution < 1.29 is 0 Å². The molecule has 1 aromatic rings. The lowest BCUT2D eigenvalue weighted by Crippen LogP contribution is -2.14. The maximum absolute atomic E-state index is 5.93. The zero-order valence-corrected chi connectivity index (χ0v) is 9.95. The van der Waals surface area contributed by atoms with Crippen LogP contribution < -0.4 is 5.32 Å².